The average Bonchev–Trinajstić information content (AvgIpc) is 3.06. The molecule has 0 aliphatic carbocycles. The fraction of sp³-hybridized carbons (Fsp3) is 0.391. The van der Waals surface area contributed by atoms with Crippen LogP contribution in [0.4, 0.5) is 0 Å². The van der Waals surface area contributed by atoms with E-state index in [1.54, 1.807) is 12.1 Å². The topological polar surface area (TPSA) is 88.4 Å². The van der Waals surface area contributed by atoms with E-state index in [1.807, 2.05) is 44.2 Å². The van der Waals surface area contributed by atoms with E-state index >= 15 is 0 Å². The summed E-state index contributed by atoms with van der Waals surface area (Å²) in [7, 11) is -3.16. The summed E-state index contributed by atoms with van der Waals surface area (Å²) in [6, 6.07) is 15.2. The number of sulfone groups is 1. The Kier molecular flexibility index (Phi) is 9.95. The number of aromatic nitrogens is 2. The minimum absolute atomic E-state index is 0. The molecular formula is C23H32IN5O2S. The molecule has 0 amide bonds. The van der Waals surface area contributed by atoms with Gasteiger partial charge in [0.2, 0.25) is 0 Å². The van der Waals surface area contributed by atoms with Crippen LogP contribution in [0.15, 0.2) is 58.4 Å². The molecule has 2 aromatic carbocycles. The van der Waals surface area contributed by atoms with Crippen molar-refractivity contribution in [1.29, 1.82) is 0 Å². The van der Waals surface area contributed by atoms with E-state index < -0.39 is 9.84 Å². The maximum Gasteiger partial charge on any atom is 0.191 e. The Morgan fingerprint density at radius 2 is 1.81 bits per heavy atom. The van der Waals surface area contributed by atoms with Crippen LogP contribution < -0.4 is 10.6 Å². The Bertz CT molecular complexity index is 1140. The number of rotatable bonds is 9. The summed E-state index contributed by atoms with van der Waals surface area (Å²) in [5, 5.41) is 6.62. The van der Waals surface area contributed by atoms with Crippen LogP contribution in [-0.2, 0) is 22.8 Å². The Morgan fingerprint density at radius 3 is 2.50 bits per heavy atom. The number of imidazole rings is 1. The maximum atomic E-state index is 11.6. The van der Waals surface area contributed by atoms with E-state index in [1.165, 1.54) is 6.26 Å². The maximum absolute atomic E-state index is 11.6. The highest BCUT2D eigenvalue weighted by molar-refractivity contribution is 14.0. The molecule has 3 rings (SSSR count). The molecule has 0 aliphatic rings. The summed E-state index contributed by atoms with van der Waals surface area (Å²) < 4.78 is 25.4. The normalized spacial score (nSPS) is 11.9. The van der Waals surface area contributed by atoms with Crippen LogP contribution in [0.1, 0.15) is 24.7 Å². The number of nitrogens with zero attached hydrogens (tertiary/aromatic N) is 3. The van der Waals surface area contributed by atoms with E-state index in [9.17, 15) is 8.42 Å². The highest BCUT2D eigenvalue weighted by Gasteiger charge is 2.07. The zero-order valence-corrected chi connectivity index (χ0v) is 22.0. The first-order valence-electron chi connectivity index (χ1n) is 10.6. The Morgan fingerprint density at radius 1 is 1.09 bits per heavy atom. The SMILES string of the molecule is CCNC(=NCCCn1c(C)nc2ccccc21)NCCc1ccc(S(C)(=O)=O)cc1.I. The van der Waals surface area contributed by atoms with Gasteiger partial charge in [-0.25, -0.2) is 13.4 Å². The van der Waals surface area contributed by atoms with Crippen LogP contribution in [0, 0.1) is 6.92 Å². The number of aliphatic imine (C=N–C) groups is 1. The predicted molar refractivity (Wildman–Crippen MR) is 142 cm³/mol. The molecule has 0 atom stereocenters. The summed E-state index contributed by atoms with van der Waals surface area (Å²) >= 11 is 0. The Labute approximate surface area is 207 Å². The van der Waals surface area contributed by atoms with Crippen molar-refractivity contribution in [3.63, 3.8) is 0 Å². The molecule has 0 aliphatic heterocycles. The lowest BCUT2D eigenvalue weighted by Gasteiger charge is -2.12. The molecule has 0 unspecified atom stereocenters. The fourth-order valence-electron chi connectivity index (χ4n) is 3.47. The fourth-order valence-corrected chi connectivity index (χ4v) is 4.10. The third kappa shape index (κ3) is 7.19. The van der Waals surface area contributed by atoms with Crippen LogP contribution in [0.5, 0.6) is 0 Å². The summed E-state index contributed by atoms with van der Waals surface area (Å²) in [5.74, 6) is 1.82. The monoisotopic (exact) mass is 569 g/mol. The molecule has 1 aromatic heterocycles. The van der Waals surface area contributed by atoms with Gasteiger partial charge in [0.15, 0.2) is 15.8 Å². The minimum atomic E-state index is -3.16. The van der Waals surface area contributed by atoms with Crippen molar-refractivity contribution in [2.75, 3.05) is 25.9 Å². The second-order valence-corrected chi connectivity index (χ2v) is 9.52. The third-order valence-electron chi connectivity index (χ3n) is 5.06. The second-order valence-electron chi connectivity index (χ2n) is 7.51. The number of hydrogen-bond acceptors (Lipinski definition) is 4. The minimum Gasteiger partial charge on any atom is -0.357 e. The van der Waals surface area contributed by atoms with E-state index in [4.69, 9.17) is 0 Å². The molecule has 3 aromatic rings. The van der Waals surface area contributed by atoms with Crippen molar-refractivity contribution in [1.82, 2.24) is 20.2 Å². The van der Waals surface area contributed by atoms with Crippen molar-refractivity contribution in [3.05, 3.63) is 59.9 Å². The second kappa shape index (κ2) is 12.2. The molecule has 7 nitrogen and oxygen atoms in total. The quantitative estimate of drug-likeness (QED) is 0.178. The first-order chi connectivity index (χ1) is 14.9. The Hall–Kier alpha value is -2.14. The number of halogens is 1. The zero-order chi connectivity index (χ0) is 22.3. The zero-order valence-electron chi connectivity index (χ0n) is 18.8. The molecule has 0 saturated heterocycles. The molecule has 32 heavy (non-hydrogen) atoms. The molecule has 0 saturated carbocycles. The average molecular weight is 570 g/mol. The summed E-state index contributed by atoms with van der Waals surface area (Å²) in [4.78, 5) is 9.64. The van der Waals surface area contributed by atoms with Gasteiger partial charge in [0.05, 0.1) is 15.9 Å². The van der Waals surface area contributed by atoms with Gasteiger partial charge in [-0.1, -0.05) is 24.3 Å². The molecule has 2 N–H and O–H groups in total. The van der Waals surface area contributed by atoms with Gasteiger partial charge >= 0.3 is 0 Å². The largest absolute Gasteiger partial charge is 0.357 e. The predicted octanol–water partition coefficient (Wildman–Crippen LogP) is 3.55. The highest BCUT2D eigenvalue weighted by atomic mass is 127. The van der Waals surface area contributed by atoms with Crippen molar-refractivity contribution >= 4 is 50.8 Å². The number of benzene rings is 2. The van der Waals surface area contributed by atoms with Crippen LogP contribution >= 0.6 is 24.0 Å². The molecule has 9 heteroatoms. The lowest BCUT2D eigenvalue weighted by Crippen LogP contribution is -2.38. The van der Waals surface area contributed by atoms with Gasteiger partial charge in [0.25, 0.3) is 0 Å². The lowest BCUT2D eigenvalue weighted by atomic mass is 10.1. The molecule has 0 fully saturated rings. The standard InChI is InChI=1S/C23H31N5O2S.HI/c1-4-24-23(26-16-14-19-10-12-20(13-11-19)31(3,29)30)25-15-7-17-28-18(2)27-21-8-5-6-9-22(21)28;/h5-6,8-13H,4,7,14-17H2,1-3H3,(H2,24,25,26);1H. The van der Waals surface area contributed by atoms with Crippen molar-refractivity contribution < 1.29 is 8.42 Å². The number of hydrogen-bond donors (Lipinski definition) is 2. The van der Waals surface area contributed by atoms with Crippen LogP contribution in [0.2, 0.25) is 0 Å². The van der Waals surface area contributed by atoms with E-state index in [0.717, 1.165) is 60.9 Å². The van der Waals surface area contributed by atoms with Crippen molar-refractivity contribution in [2.24, 2.45) is 4.99 Å². The summed E-state index contributed by atoms with van der Waals surface area (Å²) in [6.45, 7) is 7.18. The highest BCUT2D eigenvalue weighted by Crippen LogP contribution is 2.15. The number of fused-ring (bicyclic) bond motifs is 1. The molecule has 0 bridgehead atoms. The van der Waals surface area contributed by atoms with Gasteiger partial charge in [0, 0.05) is 32.4 Å². The molecular weight excluding hydrogens is 537 g/mol. The smallest absolute Gasteiger partial charge is 0.191 e. The first kappa shape index (κ1) is 26.1. The molecule has 174 valence electrons. The number of aryl methyl sites for hydroxylation is 2. The first-order valence-corrected chi connectivity index (χ1v) is 12.5. The lowest BCUT2D eigenvalue weighted by molar-refractivity contribution is 0.602. The van der Waals surface area contributed by atoms with Crippen LogP contribution in [0.3, 0.4) is 0 Å². The summed E-state index contributed by atoms with van der Waals surface area (Å²) in [5.41, 5.74) is 3.28. The van der Waals surface area contributed by atoms with Gasteiger partial charge < -0.3 is 15.2 Å². The van der Waals surface area contributed by atoms with Crippen molar-refractivity contribution in [2.45, 2.75) is 38.1 Å². The van der Waals surface area contributed by atoms with Gasteiger partial charge in [-0.15, -0.1) is 24.0 Å². The third-order valence-corrected chi connectivity index (χ3v) is 6.19. The van der Waals surface area contributed by atoms with Crippen molar-refractivity contribution in [3.8, 4) is 0 Å². The van der Waals surface area contributed by atoms with E-state index in [2.05, 4.69) is 31.2 Å². The van der Waals surface area contributed by atoms with Gasteiger partial charge in [0.1, 0.15) is 5.82 Å². The summed E-state index contributed by atoms with van der Waals surface area (Å²) in [6.07, 6.45) is 2.93. The van der Waals surface area contributed by atoms with Crippen LogP contribution in [0.25, 0.3) is 11.0 Å². The number of guanidine groups is 1. The van der Waals surface area contributed by atoms with Gasteiger partial charge in [-0.3, -0.25) is 4.99 Å². The van der Waals surface area contributed by atoms with Crippen LogP contribution in [-0.4, -0.2) is 49.8 Å². The number of para-hydroxylation sites is 2. The van der Waals surface area contributed by atoms with Gasteiger partial charge in [-0.05, 0) is 56.5 Å². The molecule has 1 heterocycles. The van der Waals surface area contributed by atoms with E-state index in [-0.39, 0.29) is 24.0 Å². The van der Waals surface area contributed by atoms with Gasteiger partial charge in [-0.2, -0.15) is 0 Å². The van der Waals surface area contributed by atoms with E-state index in [0.29, 0.717) is 11.4 Å². The molecule has 0 spiro atoms. The Balaban J connectivity index is 0.00000363. The molecule has 0 radical (unpaired) electrons. The number of nitrogens with one attached hydrogen (secondary N) is 2.